The van der Waals surface area contributed by atoms with Crippen molar-refractivity contribution in [2.45, 2.75) is 302 Å². The number of ether oxygens (including phenoxy) is 5. The van der Waals surface area contributed by atoms with Crippen molar-refractivity contribution in [3.8, 4) is 11.5 Å². The molecule has 0 saturated carbocycles. The molecule has 0 radical (unpaired) electrons. The SMILES string of the molecule is CCCCCCCCCCCCCC(=O)OC(CCCCCCCCCCC)CC(=O)NC1C(OCc2ccccc2)OC(COC(=O)CCC(=O)O)C(OP(=O)(Oc2ccccc2)Oc2ccccc2)C1OC(=O)CCCCCCCCCCCCC. The minimum Gasteiger partial charge on any atom is -0.481 e. The quantitative estimate of drug-likeness (QED) is 0.0233. The lowest BCUT2D eigenvalue weighted by Gasteiger charge is -2.45. The van der Waals surface area contributed by atoms with Gasteiger partial charge in [0.25, 0.3) is 0 Å². The van der Waals surface area contributed by atoms with E-state index in [9.17, 15) is 29.1 Å². The monoisotopic (exact) mass is 1250 g/mol. The number of carbonyl (C=O) groups excluding carboxylic acids is 4. The van der Waals surface area contributed by atoms with Crippen LogP contribution >= 0.6 is 7.82 Å². The molecule has 1 heterocycles. The molecule has 3 aromatic carbocycles. The van der Waals surface area contributed by atoms with E-state index in [2.05, 4.69) is 26.1 Å². The number of para-hydroxylation sites is 2. The minimum atomic E-state index is -4.91. The summed E-state index contributed by atoms with van der Waals surface area (Å²) in [5.74, 6) is -3.49. The summed E-state index contributed by atoms with van der Waals surface area (Å²) in [5, 5.41) is 12.5. The van der Waals surface area contributed by atoms with Crippen molar-refractivity contribution in [3.63, 3.8) is 0 Å². The maximum absolute atomic E-state index is 15.5. The topological polar surface area (TPSA) is 209 Å². The highest BCUT2D eigenvalue weighted by Gasteiger charge is 2.54. The zero-order valence-corrected chi connectivity index (χ0v) is 54.7. The average molecular weight is 1250 g/mol. The largest absolute Gasteiger partial charge is 0.588 e. The van der Waals surface area contributed by atoms with Crippen LogP contribution in [0.5, 0.6) is 11.5 Å². The summed E-state index contributed by atoms with van der Waals surface area (Å²) >= 11 is 0. The molecule has 17 heteroatoms. The van der Waals surface area contributed by atoms with E-state index in [1.807, 2.05) is 30.3 Å². The highest BCUT2D eigenvalue weighted by Crippen LogP contribution is 2.52. The van der Waals surface area contributed by atoms with E-state index < -0.39 is 87.8 Å². The molecule has 1 aliphatic rings. The summed E-state index contributed by atoms with van der Waals surface area (Å²) in [4.78, 5) is 67.9. The number of carboxylic acid groups (broad SMARTS) is 1. The Morgan fingerprint density at radius 1 is 0.511 bits per heavy atom. The lowest BCUT2D eigenvalue weighted by molar-refractivity contribution is -0.275. The van der Waals surface area contributed by atoms with E-state index in [-0.39, 0.29) is 43.3 Å². The molecule has 494 valence electrons. The van der Waals surface area contributed by atoms with Gasteiger partial charge in [0.05, 0.1) is 25.9 Å². The number of benzene rings is 3. The molecule has 1 fully saturated rings. The van der Waals surface area contributed by atoms with Crippen LogP contribution in [0.4, 0.5) is 0 Å². The van der Waals surface area contributed by atoms with E-state index in [1.165, 1.54) is 109 Å². The van der Waals surface area contributed by atoms with Gasteiger partial charge in [-0.15, -0.1) is 0 Å². The van der Waals surface area contributed by atoms with Gasteiger partial charge >= 0.3 is 31.7 Å². The number of hydrogen-bond acceptors (Lipinski definition) is 14. The normalized spacial score (nSPS) is 17.0. The first-order valence-electron chi connectivity index (χ1n) is 34.1. The van der Waals surface area contributed by atoms with Crippen molar-refractivity contribution in [3.05, 3.63) is 96.6 Å². The summed E-state index contributed by atoms with van der Waals surface area (Å²) in [6, 6.07) is 24.2. The predicted octanol–water partition coefficient (Wildman–Crippen LogP) is 18.0. The number of rotatable bonds is 53. The molecule has 16 nitrogen and oxygen atoms in total. The predicted molar refractivity (Wildman–Crippen MR) is 345 cm³/mol. The van der Waals surface area contributed by atoms with E-state index in [1.54, 1.807) is 60.7 Å². The summed E-state index contributed by atoms with van der Waals surface area (Å²) < 4.78 is 65.8. The number of nitrogens with one attached hydrogen (secondary N) is 1. The fourth-order valence-electron chi connectivity index (χ4n) is 10.9. The molecular formula is C71H110NO15P. The molecule has 88 heavy (non-hydrogen) atoms. The van der Waals surface area contributed by atoms with Gasteiger partial charge in [-0.3, -0.25) is 28.5 Å². The Morgan fingerprint density at radius 2 is 0.943 bits per heavy atom. The number of carboxylic acids is 1. The zero-order chi connectivity index (χ0) is 63.1. The summed E-state index contributed by atoms with van der Waals surface area (Å²) in [6.07, 6.45) is 26.4. The smallest absolute Gasteiger partial charge is 0.481 e. The van der Waals surface area contributed by atoms with Crippen LogP contribution in [0.3, 0.4) is 0 Å². The van der Waals surface area contributed by atoms with Gasteiger partial charge in [-0.25, -0.2) is 4.57 Å². The van der Waals surface area contributed by atoms with Crippen LogP contribution in [0.25, 0.3) is 0 Å². The first kappa shape index (κ1) is 75.2. The molecule has 0 aromatic heterocycles. The summed E-state index contributed by atoms with van der Waals surface area (Å²) in [7, 11) is -4.91. The Bertz CT molecular complexity index is 2300. The van der Waals surface area contributed by atoms with Crippen LogP contribution < -0.4 is 14.4 Å². The molecule has 0 spiro atoms. The second kappa shape index (κ2) is 47.6. The second-order valence-corrected chi connectivity index (χ2v) is 25.3. The van der Waals surface area contributed by atoms with Crippen molar-refractivity contribution in [2.24, 2.45) is 0 Å². The highest BCUT2D eigenvalue weighted by molar-refractivity contribution is 7.49. The fourth-order valence-corrected chi connectivity index (χ4v) is 12.3. The van der Waals surface area contributed by atoms with E-state index in [4.69, 9.17) is 37.3 Å². The third-order valence-electron chi connectivity index (χ3n) is 15.9. The van der Waals surface area contributed by atoms with Gasteiger partial charge < -0.3 is 43.2 Å². The van der Waals surface area contributed by atoms with Crippen molar-refractivity contribution in [1.29, 1.82) is 0 Å². The molecule has 6 unspecified atom stereocenters. The molecule has 3 aromatic rings. The van der Waals surface area contributed by atoms with Crippen LogP contribution in [-0.4, -0.2) is 78.2 Å². The Hall–Kier alpha value is -5.28. The number of amides is 1. The zero-order valence-electron chi connectivity index (χ0n) is 53.8. The van der Waals surface area contributed by atoms with Crippen molar-refractivity contribution >= 4 is 37.6 Å². The molecule has 0 aliphatic carbocycles. The lowest BCUT2D eigenvalue weighted by atomic mass is 9.95. The molecule has 0 bridgehead atoms. The van der Waals surface area contributed by atoms with E-state index in [0.717, 1.165) is 82.6 Å². The molecule has 1 saturated heterocycles. The minimum absolute atomic E-state index is 0.0132. The van der Waals surface area contributed by atoms with Crippen LogP contribution in [0.1, 0.15) is 264 Å². The number of phosphoric acid groups is 1. The number of hydrogen-bond donors (Lipinski definition) is 2. The Kier molecular flexibility index (Phi) is 40.7. The third-order valence-corrected chi connectivity index (χ3v) is 17.3. The van der Waals surface area contributed by atoms with E-state index >= 15 is 4.57 Å². The third kappa shape index (κ3) is 34.6. The number of unbranched alkanes of at least 4 members (excludes halogenated alkanes) is 28. The van der Waals surface area contributed by atoms with Gasteiger partial charge in [0.2, 0.25) is 5.91 Å². The lowest BCUT2D eigenvalue weighted by Crippen LogP contribution is -2.66. The molecule has 4 rings (SSSR count). The van der Waals surface area contributed by atoms with Crippen LogP contribution in [0.15, 0.2) is 91.0 Å². The van der Waals surface area contributed by atoms with Gasteiger partial charge in [0, 0.05) is 12.8 Å². The van der Waals surface area contributed by atoms with Gasteiger partial charge in [-0.2, -0.15) is 0 Å². The van der Waals surface area contributed by atoms with Crippen molar-refractivity contribution in [2.75, 3.05) is 6.61 Å². The fraction of sp³-hybridized carbons (Fsp3) is 0.676. The second-order valence-electron chi connectivity index (χ2n) is 23.8. The standard InChI is InChI=1S/C71H110NO15P/c1-4-7-10-13-16-19-21-24-27-30-42-51-66(77)82-61(50-37-29-26-23-18-15-12-9-6-3)55-63(73)72-68-70(84-67(78)52-43-31-28-25-22-20-17-14-11-8-5-2)69(87-88(79,85-59-46-38-33-39-47-59)86-60-48-40-34-41-49-60)62(57-80-65(76)54-53-64(74)75)83-71(68)81-56-58-44-35-32-36-45-58/h32-36,38-41,44-49,61-62,68-71H,4-31,37,42-43,50-57H2,1-3H3,(H,72,73)(H,74,75). The van der Waals surface area contributed by atoms with Crippen molar-refractivity contribution in [1.82, 2.24) is 5.32 Å². The number of phosphoric ester groups is 1. The molecule has 1 amide bonds. The summed E-state index contributed by atoms with van der Waals surface area (Å²) in [5.41, 5.74) is 0.735. The molecule has 6 atom stereocenters. The Labute approximate surface area is 527 Å². The van der Waals surface area contributed by atoms with Crippen LogP contribution in [0, 0.1) is 0 Å². The number of esters is 3. The van der Waals surface area contributed by atoms with Gasteiger partial charge in [-0.1, -0.05) is 267 Å². The number of aliphatic carboxylic acids is 1. The van der Waals surface area contributed by atoms with Gasteiger partial charge in [-0.05, 0) is 55.5 Å². The first-order valence-corrected chi connectivity index (χ1v) is 35.5. The molecular weight excluding hydrogens is 1140 g/mol. The molecule has 2 N–H and O–H groups in total. The average Bonchev–Trinajstić information content (AvgIpc) is 2.84. The summed E-state index contributed by atoms with van der Waals surface area (Å²) in [6.45, 7) is 5.96. The van der Waals surface area contributed by atoms with Crippen LogP contribution in [-0.2, 0) is 63.4 Å². The Morgan fingerprint density at radius 3 is 1.41 bits per heavy atom. The van der Waals surface area contributed by atoms with Crippen molar-refractivity contribution < 1.29 is 70.9 Å². The maximum atomic E-state index is 15.5. The van der Waals surface area contributed by atoms with Gasteiger partial charge in [0.15, 0.2) is 12.4 Å². The van der Waals surface area contributed by atoms with E-state index in [0.29, 0.717) is 19.3 Å². The Balaban J connectivity index is 1.69. The maximum Gasteiger partial charge on any atom is 0.588 e. The van der Waals surface area contributed by atoms with Gasteiger partial charge in [0.1, 0.15) is 42.5 Å². The first-order chi connectivity index (χ1) is 42.9. The number of carbonyl (C=O) groups is 5. The highest BCUT2D eigenvalue weighted by atomic mass is 31.2. The van der Waals surface area contributed by atoms with Crippen LogP contribution in [0.2, 0.25) is 0 Å². The molecule has 1 aliphatic heterocycles.